The molecule has 0 radical (unpaired) electrons. The van der Waals surface area contributed by atoms with Crippen LogP contribution in [0.1, 0.15) is 5.56 Å². The standard InChI is InChI=1S/C13H11ClN6O2/c14-9-3-1-2-8(6-9)7-16-10-11-18-19-12(17-13(21)22)20(11)5-4-15-10/h1-6H,7H2,(H,15,16)(H,17,19)(H,21,22). The number of fused-ring (bicyclic) bond motifs is 1. The Morgan fingerprint density at radius 2 is 2.23 bits per heavy atom. The molecule has 8 nitrogen and oxygen atoms in total. The third-order valence-corrected chi connectivity index (χ3v) is 3.13. The van der Waals surface area contributed by atoms with Crippen LogP contribution < -0.4 is 10.6 Å². The Kier molecular flexibility index (Phi) is 3.75. The van der Waals surface area contributed by atoms with Gasteiger partial charge < -0.3 is 10.4 Å². The minimum absolute atomic E-state index is 0.107. The number of amides is 1. The minimum Gasteiger partial charge on any atom is -0.465 e. The van der Waals surface area contributed by atoms with Crippen molar-refractivity contribution in [3.8, 4) is 0 Å². The van der Waals surface area contributed by atoms with Gasteiger partial charge in [-0.2, -0.15) is 0 Å². The molecule has 0 bridgehead atoms. The molecular weight excluding hydrogens is 308 g/mol. The molecule has 1 aromatic carbocycles. The number of carbonyl (C=O) groups is 1. The molecule has 2 aromatic heterocycles. The number of benzene rings is 1. The van der Waals surface area contributed by atoms with Gasteiger partial charge in [-0.3, -0.25) is 9.72 Å². The van der Waals surface area contributed by atoms with Crippen LogP contribution in [0, 0.1) is 0 Å². The lowest BCUT2D eigenvalue weighted by atomic mass is 10.2. The van der Waals surface area contributed by atoms with Crippen LogP contribution in [0.15, 0.2) is 36.7 Å². The molecule has 3 N–H and O–H groups in total. The van der Waals surface area contributed by atoms with Crippen molar-refractivity contribution in [1.29, 1.82) is 0 Å². The van der Waals surface area contributed by atoms with Crippen LogP contribution in [-0.2, 0) is 6.54 Å². The Bertz CT molecular complexity index is 834. The van der Waals surface area contributed by atoms with Gasteiger partial charge in [-0.25, -0.2) is 9.78 Å². The quantitative estimate of drug-likeness (QED) is 0.682. The second-order valence-electron chi connectivity index (χ2n) is 4.41. The van der Waals surface area contributed by atoms with Gasteiger partial charge in [-0.1, -0.05) is 23.7 Å². The summed E-state index contributed by atoms with van der Waals surface area (Å²) in [6, 6.07) is 7.43. The number of nitrogens with zero attached hydrogens (tertiary/aromatic N) is 4. The average Bonchev–Trinajstić information content (AvgIpc) is 2.88. The van der Waals surface area contributed by atoms with Crippen molar-refractivity contribution >= 4 is 35.1 Å². The largest absolute Gasteiger partial charge is 0.465 e. The fraction of sp³-hybridized carbons (Fsp3) is 0.0769. The number of hydrogen-bond donors (Lipinski definition) is 3. The van der Waals surface area contributed by atoms with Crippen molar-refractivity contribution in [2.45, 2.75) is 6.54 Å². The highest BCUT2D eigenvalue weighted by molar-refractivity contribution is 6.30. The summed E-state index contributed by atoms with van der Waals surface area (Å²) in [6.45, 7) is 0.502. The van der Waals surface area contributed by atoms with E-state index in [0.29, 0.717) is 23.0 Å². The molecule has 1 amide bonds. The van der Waals surface area contributed by atoms with Crippen LogP contribution in [0.4, 0.5) is 16.6 Å². The summed E-state index contributed by atoms with van der Waals surface area (Å²) >= 11 is 5.94. The molecule has 22 heavy (non-hydrogen) atoms. The number of carboxylic acid groups (broad SMARTS) is 1. The number of rotatable bonds is 4. The Balaban J connectivity index is 1.85. The number of halogens is 1. The molecule has 0 spiro atoms. The first kappa shape index (κ1) is 14.1. The van der Waals surface area contributed by atoms with Gasteiger partial charge in [-0.05, 0) is 17.7 Å². The minimum atomic E-state index is -1.21. The van der Waals surface area contributed by atoms with E-state index < -0.39 is 6.09 Å². The van der Waals surface area contributed by atoms with Gasteiger partial charge in [0.2, 0.25) is 11.6 Å². The van der Waals surface area contributed by atoms with E-state index in [4.69, 9.17) is 16.7 Å². The average molecular weight is 319 g/mol. The van der Waals surface area contributed by atoms with Crippen LogP contribution in [0.5, 0.6) is 0 Å². The molecule has 3 rings (SSSR count). The molecule has 0 aliphatic carbocycles. The van der Waals surface area contributed by atoms with Gasteiger partial charge in [0.1, 0.15) is 0 Å². The molecule has 0 saturated carbocycles. The third-order valence-electron chi connectivity index (χ3n) is 2.89. The molecule has 9 heteroatoms. The van der Waals surface area contributed by atoms with Crippen molar-refractivity contribution < 1.29 is 9.90 Å². The monoisotopic (exact) mass is 318 g/mol. The summed E-state index contributed by atoms with van der Waals surface area (Å²) in [5, 5.41) is 22.4. The molecule has 0 saturated heterocycles. The van der Waals surface area contributed by atoms with E-state index in [9.17, 15) is 4.79 Å². The highest BCUT2D eigenvalue weighted by Gasteiger charge is 2.11. The molecular formula is C13H11ClN6O2. The lowest BCUT2D eigenvalue weighted by Crippen LogP contribution is -2.10. The summed E-state index contributed by atoms with van der Waals surface area (Å²) in [5.41, 5.74) is 1.41. The van der Waals surface area contributed by atoms with E-state index in [0.717, 1.165) is 5.56 Å². The first-order chi connectivity index (χ1) is 10.6. The highest BCUT2D eigenvalue weighted by atomic mass is 35.5. The summed E-state index contributed by atoms with van der Waals surface area (Å²) in [6.07, 6.45) is 1.90. The molecule has 0 fully saturated rings. The van der Waals surface area contributed by atoms with E-state index in [1.165, 1.54) is 10.6 Å². The SMILES string of the molecule is O=C(O)Nc1nnc2c(NCc3cccc(Cl)c3)nccn12. The predicted molar refractivity (Wildman–Crippen MR) is 81.2 cm³/mol. The maximum Gasteiger partial charge on any atom is 0.411 e. The molecule has 0 atom stereocenters. The number of anilines is 2. The van der Waals surface area contributed by atoms with Gasteiger partial charge in [0.25, 0.3) is 0 Å². The van der Waals surface area contributed by atoms with E-state index in [1.807, 2.05) is 18.2 Å². The second kappa shape index (κ2) is 5.86. The smallest absolute Gasteiger partial charge is 0.411 e. The van der Waals surface area contributed by atoms with E-state index >= 15 is 0 Å². The number of aromatic nitrogens is 4. The van der Waals surface area contributed by atoms with E-state index in [-0.39, 0.29) is 5.95 Å². The predicted octanol–water partition coefficient (Wildman–Crippen LogP) is 2.48. The molecule has 0 unspecified atom stereocenters. The molecule has 0 aliphatic rings. The zero-order chi connectivity index (χ0) is 15.5. The van der Waals surface area contributed by atoms with Crippen molar-refractivity contribution in [3.05, 3.63) is 47.2 Å². The first-order valence-electron chi connectivity index (χ1n) is 6.31. The molecule has 112 valence electrons. The van der Waals surface area contributed by atoms with Crippen LogP contribution in [0.25, 0.3) is 5.65 Å². The maximum absolute atomic E-state index is 10.7. The fourth-order valence-electron chi connectivity index (χ4n) is 1.96. The van der Waals surface area contributed by atoms with Gasteiger partial charge in [0.15, 0.2) is 5.82 Å². The van der Waals surface area contributed by atoms with E-state index in [1.54, 1.807) is 12.3 Å². The van der Waals surface area contributed by atoms with Crippen LogP contribution >= 0.6 is 11.6 Å². The summed E-state index contributed by atoms with van der Waals surface area (Å²) in [4.78, 5) is 14.9. The van der Waals surface area contributed by atoms with Gasteiger partial charge >= 0.3 is 6.09 Å². The fourth-order valence-corrected chi connectivity index (χ4v) is 2.18. The Morgan fingerprint density at radius 3 is 3.00 bits per heavy atom. The summed E-state index contributed by atoms with van der Waals surface area (Å²) < 4.78 is 1.50. The van der Waals surface area contributed by atoms with Crippen LogP contribution in [-0.4, -0.2) is 30.8 Å². The lowest BCUT2D eigenvalue weighted by molar-refractivity contribution is 0.209. The van der Waals surface area contributed by atoms with E-state index in [2.05, 4.69) is 25.8 Å². The number of nitrogens with one attached hydrogen (secondary N) is 2. The van der Waals surface area contributed by atoms with Crippen LogP contribution in [0.2, 0.25) is 5.02 Å². The topological polar surface area (TPSA) is 104 Å². The third kappa shape index (κ3) is 2.91. The van der Waals surface area contributed by atoms with Crippen molar-refractivity contribution in [2.24, 2.45) is 0 Å². The van der Waals surface area contributed by atoms with Crippen molar-refractivity contribution in [1.82, 2.24) is 19.6 Å². The van der Waals surface area contributed by atoms with Crippen molar-refractivity contribution in [2.75, 3.05) is 10.6 Å². The second-order valence-corrected chi connectivity index (χ2v) is 4.84. The lowest BCUT2D eigenvalue weighted by Gasteiger charge is -2.07. The summed E-state index contributed by atoms with van der Waals surface area (Å²) in [5.74, 6) is 0.601. The molecule has 3 aromatic rings. The molecule has 0 aliphatic heterocycles. The van der Waals surface area contributed by atoms with Crippen LogP contribution in [0.3, 0.4) is 0 Å². The Morgan fingerprint density at radius 1 is 1.36 bits per heavy atom. The maximum atomic E-state index is 10.7. The summed E-state index contributed by atoms with van der Waals surface area (Å²) in [7, 11) is 0. The Labute approximate surface area is 129 Å². The van der Waals surface area contributed by atoms with Crippen molar-refractivity contribution in [3.63, 3.8) is 0 Å². The zero-order valence-corrected chi connectivity index (χ0v) is 11.9. The normalized spacial score (nSPS) is 10.6. The zero-order valence-electron chi connectivity index (χ0n) is 11.2. The Hall–Kier alpha value is -2.87. The van der Waals surface area contributed by atoms with Gasteiger partial charge in [0, 0.05) is 24.0 Å². The highest BCUT2D eigenvalue weighted by Crippen LogP contribution is 2.17. The van der Waals surface area contributed by atoms with Gasteiger partial charge in [-0.15, -0.1) is 10.2 Å². The molecule has 2 heterocycles. The van der Waals surface area contributed by atoms with Gasteiger partial charge in [0.05, 0.1) is 0 Å². The number of hydrogen-bond acceptors (Lipinski definition) is 5. The first-order valence-corrected chi connectivity index (χ1v) is 6.69.